The van der Waals surface area contributed by atoms with E-state index in [1.54, 1.807) is 24.3 Å². The second-order valence-corrected chi connectivity index (χ2v) is 7.65. The van der Waals surface area contributed by atoms with Crippen molar-refractivity contribution < 1.29 is 9.90 Å². The molecule has 1 aliphatic heterocycles. The first-order valence-electron chi connectivity index (χ1n) is 6.84. The average molecular weight is 294 g/mol. The van der Waals surface area contributed by atoms with Crippen LogP contribution < -0.4 is 5.73 Å². The van der Waals surface area contributed by atoms with Crippen molar-refractivity contribution in [1.29, 1.82) is 0 Å². The molecule has 4 nitrogen and oxygen atoms in total. The summed E-state index contributed by atoms with van der Waals surface area (Å²) in [6.07, 6.45) is 0.503. The van der Waals surface area contributed by atoms with Crippen molar-refractivity contribution in [3.05, 3.63) is 29.8 Å². The minimum absolute atomic E-state index is 0.0199. The Balaban J connectivity index is 1.96. The highest BCUT2D eigenvalue weighted by Crippen LogP contribution is 2.29. The SMILES string of the molecule is CC1(C)CN(C(=O)[C@H](N)Cc2ccc(O)cc2)CCS1. The van der Waals surface area contributed by atoms with Crippen LogP contribution in [-0.4, -0.2) is 45.5 Å². The Morgan fingerprint density at radius 2 is 2.10 bits per heavy atom. The van der Waals surface area contributed by atoms with Crippen molar-refractivity contribution in [3.63, 3.8) is 0 Å². The predicted molar refractivity (Wildman–Crippen MR) is 82.9 cm³/mol. The molecule has 1 heterocycles. The molecular weight excluding hydrogens is 272 g/mol. The van der Waals surface area contributed by atoms with Crippen molar-refractivity contribution >= 4 is 17.7 Å². The Morgan fingerprint density at radius 3 is 2.70 bits per heavy atom. The molecule has 0 radical (unpaired) electrons. The molecule has 0 saturated carbocycles. The number of amides is 1. The fraction of sp³-hybridized carbons (Fsp3) is 0.533. The van der Waals surface area contributed by atoms with Crippen LogP contribution in [0, 0.1) is 0 Å². The molecule has 0 bridgehead atoms. The Bertz CT molecular complexity index is 473. The van der Waals surface area contributed by atoms with E-state index in [0.717, 1.165) is 24.4 Å². The monoisotopic (exact) mass is 294 g/mol. The molecule has 1 aromatic rings. The zero-order valence-corrected chi connectivity index (χ0v) is 12.8. The molecule has 0 aliphatic carbocycles. The lowest BCUT2D eigenvalue weighted by molar-refractivity contribution is -0.132. The van der Waals surface area contributed by atoms with Crippen LogP contribution >= 0.6 is 11.8 Å². The van der Waals surface area contributed by atoms with E-state index in [9.17, 15) is 9.90 Å². The van der Waals surface area contributed by atoms with E-state index >= 15 is 0 Å². The standard InChI is InChI=1S/C15H22N2O2S/c1-15(2)10-17(7-8-20-15)14(19)13(16)9-11-3-5-12(18)6-4-11/h3-6,13,18H,7-10,16H2,1-2H3/t13-/m1/s1. The Morgan fingerprint density at radius 1 is 1.45 bits per heavy atom. The number of carbonyl (C=O) groups is 1. The predicted octanol–water partition coefficient (Wildman–Crippen LogP) is 1.62. The first-order valence-corrected chi connectivity index (χ1v) is 7.82. The molecule has 5 heteroatoms. The third kappa shape index (κ3) is 3.90. The van der Waals surface area contributed by atoms with Gasteiger partial charge >= 0.3 is 0 Å². The van der Waals surface area contributed by atoms with E-state index in [0.29, 0.717) is 6.42 Å². The highest BCUT2D eigenvalue weighted by molar-refractivity contribution is 8.00. The van der Waals surface area contributed by atoms with Crippen LogP contribution in [0.4, 0.5) is 0 Å². The van der Waals surface area contributed by atoms with E-state index in [1.807, 2.05) is 16.7 Å². The molecule has 20 heavy (non-hydrogen) atoms. The Kier molecular flexibility index (Phi) is 4.60. The molecule has 1 amide bonds. The fourth-order valence-corrected chi connectivity index (χ4v) is 3.52. The van der Waals surface area contributed by atoms with E-state index < -0.39 is 6.04 Å². The van der Waals surface area contributed by atoms with Crippen LogP contribution in [0.3, 0.4) is 0 Å². The van der Waals surface area contributed by atoms with E-state index in [2.05, 4.69) is 13.8 Å². The van der Waals surface area contributed by atoms with Gasteiger partial charge in [-0.1, -0.05) is 12.1 Å². The van der Waals surface area contributed by atoms with Crippen molar-refractivity contribution in [1.82, 2.24) is 4.90 Å². The summed E-state index contributed by atoms with van der Waals surface area (Å²) in [5.41, 5.74) is 7.01. The molecule has 3 N–H and O–H groups in total. The maximum Gasteiger partial charge on any atom is 0.239 e. The first-order chi connectivity index (χ1) is 9.37. The molecule has 0 aromatic heterocycles. The summed E-state index contributed by atoms with van der Waals surface area (Å²) >= 11 is 1.90. The molecule has 1 fully saturated rings. The van der Waals surface area contributed by atoms with Gasteiger partial charge in [-0.3, -0.25) is 4.79 Å². The number of carbonyl (C=O) groups excluding carboxylic acids is 1. The smallest absolute Gasteiger partial charge is 0.239 e. The minimum atomic E-state index is -0.515. The third-order valence-electron chi connectivity index (χ3n) is 3.45. The maximum atomic E-state index is 12.4. The highest BCUT2D eigenvalue weighted by atomic mass is 32.2. The fourth-order valence-electron chi connectivity index (χ4n) is 2.41. The molecule has 1 aliphatic rings. The van der Waals surface area contributed by atoms with Gasteiger partial charge in [-0.15, -0.1) is 0 Å². The quantitative estimate of drug-likeness (QED) is 0.889. The van der Waals surface area contributed by atoms with Crippen LogP contribution in [0.15, 0.2) is 24.3 Å². The number of aromatic hydroxyl groups is 1. The van der Waals surface area contributed by atoms with E-state index in [4.69, 9.17) is 5.73 Å². The zero-order valence-electron chi connectivity index (χ0n) is 12.0. The summed E-state index contributed by atoms with van der Waals surface area (Å²) in [6, 6.07) is 6.33. The average Bonchev–Trinajstić information content (AvgIpc) is 2.39. The first kappa shape index (κ1) is 15.2. The largest absolute Gasteiger partial charge is 0.508 e. The summed E-state index contributed by atoms with van der Waals surface area (Å²) in [5, 5.41) is 9.25. The molecule has 0 unspecified atom stereocenters. The van der Waals surface area contributed by atoms with E-state index in [1.165, 1.54) is 0 Å². The van der Waals surface area contributed by atoms with Gasteiger partial charge in [0.2, 0.25) is 5.91 Å². The van der Waals surface area contributed by atoms with Gasteiger partial charge in [-0.05, 0) is 38.0 Å². The zero-order chi connectivity index (χ0) is 14.8. The number of hydrogen-bond donors (Lipinski definition) is 2. The van der Waals surface area contributed by atoms with Gasteiger partial charge in [0.05, 0.1) is 6.04 Å². The molecule has 2 rings (SSSR count). The summed E-state index contributed by atoms with van der Waals surface area (Å²) < 4.78 is 0.103. The molecular formula is C15H22N2O2S. The lowest BCUT2D eigenvalue weighted by atomic mass is 10.0. The number of nitrogens with two attached hydrogens (primary N) is 1. The number of phenolic OH excluding ortho intramolecular Hbond substituents is 1. The van der Waals surface area contributed by atoms with Crippen LogP contribution in [0.5, 0.6) is 5.75 Å². The van der Waals surface area contributed by atoms with Crippen LogP contribution in [0.1, 0.15) is 19.4 Å². The van der Waals surface area contributed by atoms with Gasteiger partial charge < -0.3 is 15.7 Å². The number of thioether (sulfide) groups is 1. The number of hydrogen-bond acceptors (Lipinski definition) is 4. The number of benzene rings is 1. The van der Waals surface area contributed by atoms with Gasteiger partial charge in [0, 0.05) is 23.6 Å². The molecule has 110 valence electrons. The van der Waals surface area contributed by atoms with Gasteiger partial charge in [0.15, 0.2) is 0 Å². The third-order valence-corrected chi connectivity index (χ3v) is 4.74. The second-order valence-electron chi connectivity index (χ2n) is 5.85. The number of nitrogens with zero attached hydrogens (tertiary/aromatic N) is 1. The van der Waals surface area contributed by atoms with Crippen molar-refractivity contribution in [2.24, 2.45) is 5.73 Å². The maximum absolute atomic E-state index is 12.4. The lowest BCUT2D eigenvalue weighted by Crippen LogP contribution is -2.52. The molecule has 0 spiro atoms. The summed E-state index contributed by atoms with van der Waals surface area (Å²) in [7, 11) is 0. The Labute approximate surface area is 124 Å². The number of rotatable bonds is 3. The van der Waals surface area contributed by atoms with Crippen LogP contribution in [0.25, 0.3) is 0 Å². The van der Waals surface area contributed by atoms with Crippen molar-refractivity contribution in [2.75, 3.05) is 18.8 Å². The molecule has 1 aromatic carbocycles. The van der Waals surface area contributed by atoms with Gasteiger partial charge in [0.1, 0.15) is 5.75 Å². The van der Waals surface area contributed by atoms with Gasteiger partial charge in [-0.25, -0.2) is 0 Å². The Hall–Kier alpha value is -1.20. The van der Waals surface area contributed by atoms with Gasteiger partial charge in [0.25, 0.3) is 0 Å². The number of phenols is 1. The van der Waals surface area contributed by atoms with Crippen LogP contribution in [-0.2, 0) is 11.2 Å². The molecule has 1 saturated heterocycles. The van der Waals surface area contributed by atoms with Crippen molar-refractivity contribution in [2.45, 2.75) is 31.1 Å². The van der Waals surface area contributed by atoms with Crippen molar-refractivity contribution in [3.8, 4) is 5.75 Å². The topological polar surface area (TPSA) is 66.6 Å². The molecule has 1 atom stereocenters. The second kappa shape index (κ2) is 6.06. The normalized spacial score (nSPS) is 19.6. The summed E-state index contributed by atoms with van der Waals surface area (Å²) in [4.78, 5) is 14.3. The summed E-state index contributed by atoms with van der Waals surface area (Å²) in [5.74, 6) is 1.21. The summed E-state index contributed by atoms with van der Waals surface area (Å²) in [6.45, 7) is 5.83. The van der Waals surface area contributed by atoms with Crippen LogP contribution in [0.2, 0.25) is 0 Å². The van der Waals surface area contributed by atoms with E-state index in [-0.39, 0.29) is 16.4 Å². The van der Waals surface area contributed by atoms with Gasteiger partial charge in [-0.2, -0.15) is 11.8 Å². The lowest BCUT2D eigenvalue weighted by Gasteiger charge is -2.38. The minimum Gasteiger partial charge on any atom is -0.508 e. The highest BCUT2D eigenvalue weighted by Gasteiger charge is 2.31.